The van der Waals surface area contributed by atoms with Gasteiger partial charge in [0.15, 0.2) is 17.2 Å². The molecule has 0 bridgehead atoms. The molecule has 19 heavy (non-hydrogen) atoms. The molecule has 3 rings (SSSR count). The Hall–Kier alpha value is -2.56. The average molecular weight is 256 g/mol. The predicted molar refractivity (Wildman–Crippen MR) is 66.4 cm³/mol. The molecule has 0 saturated carbocycles. The van der Waals surface area contributed by atoms with Crippen LogP contribution < -0.4 is 0 Å². The van der Waals surface area contributed by atoms with Crippen molar-refractivity contribution in [2.24, 2.45) is 0 Å². The van der Waals surface area contributed by atoms with Gasteiger partial charge in [0, 0.05) is 11.6 Å². The van der Waals surface area contributed by atoms with E-state index in [1.807, 2.05) is 0 Å². The fourth-order valence-electron chi connectivity index (χ4n) is 1.85. The van der Waals surface area contributed by atoms with Gasteiger partial charge in [-0.1, -0.05) is 12.1 Å². The summed E-state index contributed by atoms with van der Waals surface area (Å²) in [5.74, 6) is -0.317. The molecule has 0 fully saturated rings. The molecular formula is C14H9FN2O2. The maximum absolute atomic E-state index is 13.5. The fraction of sp³-hybridized carbons (Fsp3) is 0.0714. The zero-order valence-corrected chi connectivity index (χ0v) is 10.1. The molecule has 2 heterocycles. The molecule has 0 saturated heterocycles. The summed E-state index contributed by atoms with van der Waals surface area (Å²) in [6.45, 7) is 1.69. The zero-order chi connectivity index (χ0) is 13.4. The number of halogens is 1. The lowest BCUT2D eigenvalue weighted by Crippen LogP contribution is -2.04. The molecule has 0 spiro atoms. The first-order valence-corrected chi connectivity index (χ1v) is 5.67. The molecule has 2 aromatic heterocycles. The Morgan fingerprint density at radius 3 is 2.89 bits per heavy atom. The number of aryl methyl sites for hydroxylation is 1. The van der Waals surface area contributed by atoms with Crippen LogP contribution in [-0.2, 0) is 0 Å². The summed E-state index contributed by atoms with van der Waals surface area (Å²) in [7, 11) is 0. The van der Waals surface area contributed by atoms with E-state index in [1.165, 1.54) is 24.4 Å². The molecule has 1 aromatic carbocycles. The monoisotopic (exact) mass is 256 g/mol. The van der Waals surface area contributed by atoms with Crippen LogP contribution in [0.1, 0.15) is 22.1 Å². The molecule has 0 aliphatic carbocycles. The Morgan fingerprint density at radius 2 is 2.16 bits per heavy atom. The van der Waals surface area contributed by atoms with Gasteiger partial charge in [-0.15, -0.1) is 0 Å². The summed E-state index contributed by atoms with van der Waals surface area (Å²) in [6.07, 6.45) is 1.50. The maximum atomic E-state index is 13.5. The van der Waals surface area contributed by atoms with E-state index < -0.39 is 5.82 Å². The lowest BCUT2D eigenvalue weighted by atomic mass is 10.2. The Labute approximate surface area is 107 Å². The van der Waals surface area contributed by atoms with Crippen LogP contribution in [0.4, 0.5) is 4.39 Å². The average Bonchev–Trinajstić information content (AvgIpc) is 2.83. The molecule has 5 heteroatoms. The molecule has 0 N–H and O–H groups in total. The first kappa shape index (κ1) is 11.5. The van der Waals surface area contributed by atoms with Gasteiger partial charge in [-0.25, -0.2) is 14.4 Å². The molecular weight excluding hydrogens is 247 g/mol. The number of carbonyl (C=O) groups excluding carboxylic acids is 1. The van der Waals surface area contributed by atoms with E-state index in [1.54, 1.807) is 19.1 Å². The number of fused-ring (bicyclic) bond motifs is 1. The summed E-state index contributed by atoms with van der Waals surface area (Å²) < 4.78 is 18.8. The molecule has 0 radical (unpaired) electrons. The first-order chi connectivity index (χ1) is 9.15. The van der Waals surface area contributed by atoms with Crippen molar-refractivity contribution in [1.29, 1.82) is 0 Å². The van der Waals surface area contributed by atoms with Crippen LogP contribution in [0.3, 0.4) is 0 Å². The third kappa shape index (κ3) is 1.99. The van der Waals surface area contributed by atoms with Gasteiger partial charge in [0.05, 0.1) is 0 Å². The van der Waals surface area contributed by atoms with Crippen molar-refractivity contribution in [3.63, 3.8) is 0 Å². The number of furan rings is 1. The lowest BCUT2D eigenvalue weighted by Gasteiger charge is -1.97. The normalized spacial score (nSPS) is 10.8. The summed E-state index contributed by atoms with van der Waals surface area (Å²) >= 11 is 0. The molecule has 0 aliphatic heterocycles. The summed E-state index contributed by atoms with van der Waals surface area (Å²) in [5, 5.41) is 0.550. The minimum atomic E-state index is -0.490. The molecule has 0 aliphatic rings. The maximum Gasteiger partial charge on any atom is 0.246 e. The van der Waals surface area contributed by atoms with Crippen LogP contribution in [0, 0.1) is 12.7 Å². The number of ketones is 1. The molecule has 0 atom stereocenters. The lowest BCUT2D eigenvalue weighted by molar-refractivity contribution is 0.101. The quantitative estimate of drug-likeness (QED) is 0.661. The standard InChI is InChI=1S/C14H9FN2O2/c1-8-16-6-5-11(17-8)13(18)12-7-9-3-2-4-10(15)14(9)19-12/h2-7H,1H3. The Balaban J connectivity index is 2.09. The van der Waals surface area contributed by atoms with E-state index in [0.29, 0.717) is 11.2 Å². The Kier molecular flexibility index (Phi) is 2.59. The number of benzene rings is 1. The van der Waals surface area contributed by atoms with Gasteiger partial charge < -0.3 is 4.42 Å². The van der Waals surface area contributed by atoms with Crippen LogP contribution in [0.15, 0.2) is 40.9 Å². The molecule has 4 nitrogen and oxygen atoms in total. The predicted octanol–water partition coefficient (Wildman–Crippen LogP) is 2.90. The molecule has 0 amide bonds. The Morgan fingerprint density at radius 1 is 1.32 bits per heavy atom. The van der Waals surface area contributed by atoms with Crippen molar-refractivity contribution in [3.8, 4) is 0 Å². The molecule has 94 valence electrons. The van der Waals surface area contributed by atoms with Gasteiger partial charge in [0.25, 0.3) is 0 Å². The first-order valence-electron chi connectivity index (χ1n) is 5.67. The highest BCUT2D eigenvalue weighted by atomic mass is 19.1. The van der Waals surface area contributed by atoms with Crippen LogP contribution in [-0.4, -0.2) is 15.8 Å². The van der Waals surface area contributed by atoms with Gasteiger partial charge in [-0.2, -0.15) is 0 Å². The number of aromatic nitrogens is 2. The minimum absolute atomic E-state index is 0.0678. The van der Waals surface area contributed by atoms with E-state index in [-0.39, 0.29) is 22.8 Å². The number of carbonyl (C=O) groups is 1. The fourth-order valence-corrected chi connectivity index (χ4v) is 1.85. The highest BCUT2D eigenvalue weighted by Crippen LogP contribution is 2.23. The number of rotatable bonds is 2. The SMILES string of the molecule is Cc1nccc(C(=O)c2cc3cccc(F)c3o2)n1. The largest absolute Gasteiger partial charge is 0.449 e. The van der Waals surface area contributed by atoms with E-state index in [9.17, 15) is 9.18 Å². The number of hydrogen-bond donors (Lipinski definition) is 0. The third-order valence-corrected chi connectivity index (χ3v) is 2.73. The van der Waals surface area contributed by atoms with Crippen molar-refractivity contribution in [2.45, 2.75) is 6.92 Å². The van der Waals surface area contributed by atoms with Gasteiger partial charge in [-0.3, -0.25) is 4.79 Å². The van der Waals surface area contributed by atoms with E-state index in [0.717, 1.165) is 0 Å². The van der Waals surface area contributed by atoms with Crippen LogP contribution in [0.2, 0.25) is 0 Å². The smallest absolute Gasteiger partial charge is 0.246 e. The van der Waals surface area contributed by atoms with Gasteiger partial charge in [-0.05, 0) is 25.1 Å². The van der Waals surface area contributed by atoms with Crippen LogP contribution in [0.25, 0.3) is 11.0 Å². The van der Waals surface area contributed by atoms with E-state index in [2.05, 4.69) is 9.97 Å². The minimum Gasteiger partial charge on any atom is -0.449 e. The zero-order valence-electron chi connectivity index (χ0n) is 10.1. The summed E-state index contributed by atoms with van der Waals surface area (Å²) in [6, 6.07) is 7.55. The highest BCUT2D eigenvalue weighted by molar-refractivity contribution is 6.07. The van der Waals surface area contributed by atoms with Crippen LogP contribution in [0.5, 0.6) is 0 Å². The van der Waals surface area contributed by atoms with Crippen molar-refractivity contribution in [3.05, 3.63) is 59.6 Å². The van der Waals surface area contributed by atoms with Crippen molar-refractivity contribution >= 4 is 16.8 Å². The summed E-state index contributed by atoms with van der Waals surface area (Å²) in [4.78, 5) is 20.1. The third-order valence-electron chi connectivity index (χ3n) is 2.73. The second-order valence-electron chi connectivity index (χ2n) is 4.09. The van der Waals surface area contributed by atoms with E-state index >= 15 is 0 Å². The van der Waals surface area contributed by atoms with E-state index in [4.69, 9.17) is 4.42 Å². The number of nitrogens with zero attached hydrogens (tertiary/aromatic N) is 2. The summed E-state index contributed by atoms with van der Waals surface area (Å²) in [5.41, 5.74) is 0.309. The molecule has 0 unspecified atom stereocenters. The van der Waals surface area contributed by atoms with Crippen molar-refractivity contribution in [2.75, 3.05) is 0 Å². The Bertz CT molecular complexity index is 780. The van der Waals surface area contributed by atoms with Crippen LogP contribution >= 0.6 is 0 Å². The number of para-hydroxylation sites is 1. The highest BCUT2D eigenvalue weighted by Gasteiger charge is 2.17. The van der Waals surface area contributed by atoms with Crippen molar-refractivity contribution in [1.82, 2.24) is 9.97 Å². The van der Waals surface area contributed by atoms with Gasteiger partial charge in [0.2, 0.25) is 5.78 Å². The number of hydrogen-bond acceptors (Lipinski definition) is 4. The van der Waals surface area contributed by atoms with Gasteiger partial charge in [0.1, 0.15) is 11.5 Å². The second kappa shape index (κ2) is 4.28. The van der Waals surface area contributed by atoms with Gasteiger partial charge >= 0.3 is 0 Å². The molecule has 3 aromatic rings. The van der Waals surface area contributed by atoms with Crippen molar-refractivity contribution < 1.29 is 13.6 Å². The second-order valence-corrected chi connectivity index (χ2v) is 4.09. The topological polar surface area (TPSA) is 56.0 Å².